The highest BCUT2D eigenvalue weighted by molar-refractivity contribution is 7.89. The van der Waals surface area contributed by atoms with Gasteiger partial charge in [-0.15, -0.1) is 0 Å². The fraction of sp³-hybridized carbons (Fsp3) is 0.480. The molecule has 9 nitrogen and oxygen atoms in total. The Morgan fingerprint density at radius 2 is 1.89 bits per heavy atom. The molecule has 3 heterocycles. The van der Waals surface area contributed by atoms with Crippen LogP contribution in [0.1, 0.15) is 39.7 Å². The number of hydrogen-bond acceptors (Lipinski definition) is 7. The molecule has 2 aromatic heterocycles. The van der Waals surface area contributed by atoms with E-state index in [2.05, 4.69) is 16.9 Å². The molecule has 194 valence electrons. The zero-order valence-corrected chi connectivity index (χ0v) is 22.8. The first-order valence-corrected chi connectivity index (χ1v) is 13.9. The summed E-state index contributed by atoms with van der Waals surface area (Å²) in [5.41, 5.74) is 0.317. The molecular weight excluding hydrogens is 502 g/mol. The maximum Gasteiger partial charge on any atom is 0.410 e. The summed E-state index contributed by atoms with van der Waals surface area (Å²) in [4.78, 5) is 25.1. The number of anilines is 1. The van der Waals surface area contributed by atoms with Gasteiger partial charge in [0.25, 0.3) is 0 Å². The highest BCUT2D eigenvalue weighted by Crippen LogP contribution is 2.32. The van der Waals surface area contributed by atoms with Crippen molar-refractivity contribution >= 4 is 44.6 Å². The lowest BCUT2D eigenvalue weighted by atomic mass is 9.92. The number of rotatable bonds is 5. The minimum absolute atomic E-state index is 0.0494. The zero-order chi connectivity index (χ0) is 26.3. The quantitative estimate of drug-likeness (QED) is 0.444. The van der Waals surface area contributed by atoms with Gasteiger partial charge in [-0.05, 0) is 56.3 Å². The van der Waals surface area contributed by atoms with Crippen LogP contribution in [0.5, 0.6) is 0 Å². The van der Waals surface area contributed by atoms with Gasteiger partial charge in [0.05, 0.1) is 17.2 Å². The highest BCUT2D eigenvalue weighted by Gasteiger charge is 2.35. The summed E-state index contributed by atoms with van der Waals surface area (Å²) >= 11 is 6.29. The van der Waals surface area contributed by atoms with E-state index in [0.717, 1.165) is 10.4 Å². The molecule has 0 bridgehead atoms. The summed E-state index contributed by atoms with van der Waals surface area (Å²) in [7, 11) is -1.87. The lowest BCUT2D eigenvalue weighted by molar-refractivity contribution is 0.0165. The Balaban J connectivity index is 1.66. The second-order valence-corrected chi connectivity index (χ2v) is 12.5. The fourth-order valence-electron chi connectivity index (χ4n) is 4.50. The molecule has 0 unspecified atom stereocenters. The largest absolute Gasteiger partial charge is 0.444 e. The van der Waals surface area contributed by atoms with Crippen molar-refractivity contribution < 1.29 is 17.9 Å². The van der Waals surface area contributed by atoms with Crippen molar-refractivity contribution in [1.29, 1.82) is 0 Å². The number of amides is 1. The number of benzene rings is 1. The molecule has 4 rings (SSSR count). The Morgan fingerprint density at radius 3 is 2.56 bits per heavy atom. The molecule has 0 spiro atoms. The van der Waals surface area contributed by atoms with E-state index in [9.17, 15) is 13.2 Å². The van der Waals surface area contributed by atoms with Gasteiger partial charge in [-0.3, -0.25) is 0 Å². The molecule has 2 atom stereocenters. The second-order valence-electron chi connectivity index (χ2n) is 10.3. The Hall–Kier alpha value is -2.85. The average molecular weight is 534 g/mol. The van der Waals surface area contributed by atoms with E-state index in [-0.39, 0.29) is 34.7 Å². The molecule has 0 saturated carbocycles. The summed E-state index contributed by atoms with van der Waals surface area (Å²) in [6.45, 7) is 8.71. The minimum Gasteiger partial charge on any atom is -0.444 e. The molecule has 1 aliphatic rings. The van der Waals surface area contributed by atoms with E-state index in [1.54, 1.807) is 35.2 Å². The number of fused-ring (bicyclic) bond motifs is 1. The number of likely N-dealkylation sites (tertiary alicyclic amines) is 1. The van der Waals surface area contributed by atoms with E-state index in [1.165, 1.54) is 6.20 Å². The lowest BCUT2D eigenvalue weighted by Gasteiger charge is -2.42. The minimum atomic E-state index is -3.75. The number of carbonyl (C=O) groups excluding carboxylic acids is 1. The van der Waals surface area contributed by atoms with Crippen LogP contribution in [0.2, 0.25) is 5.28 Å². The van der Waals surface area contributed by atoms with Crippen LogP contribution in [-0.4, -0.2) is 65.1 Å². The van der Waals surface area contributed by atoms with Crippen molar-refractivity contribution in [1.82, 2.24) is 18.8 Å². The Bertz CT molecular complexity index is 1350. The van der Waals surface area contributed by atoms with Crippen LogP contribution in [-0.2, 0) is 20.5 Å². The van der Waals surface area contributed by atoms with Crippen molar-refractivity contribution in [2.24, 2.45) is 5.92 Å². The number of aromatic nitrogens is 3. The van der Waals surface area contributed by atoms with Gasteiger partial charge in [0, 0.05) is 26.3 Å². The van der Waals surface area contributed by atoms with Gasteiger partial charge in [0.1, 0.15) is 11.4 Å². The Morgan fingerprint density at radius 1 is 1.19 bits per heavy atom. The molecule has 3 aromatic rings. The molecule has 36 heavy (non-hydrogen) atoms. The number of halogens is 1. The monoisotopic (exact) mass is 533 g/mol. The molecule has 0 radical (unpaired) electrons. The van der Waals surface area contributed by atoms with Crippen LogP contribution in [0, 0.1) is 5.92 Å². The van der Waals surface area contributed by atoms with Crippen LogP contribution in [0.25, 0.3) is 11.0 Å². The first-order chi connectivity index (χ1) is 16.9. The molecule has 1 amide bonds. The molecule has 0 N–H and O–H groups in total. The molecule has 11 heteroatoms. The van der Waals surface area contributed by atoms with Crippen molar-refractivity contribution in [3.05, 3.63) is 53.4 Å². The molecule has 1 aliphatic heterocycles. The van der Waals surface area contributed by atoms with Crippen LogP contribution in [0.4, 0.5) is 10.6 Å². The first-order valence-electron chi connectivity index (χ1n) is 11.9. The smallest absolute Gasteiger partial charge is 0.410 e. The van der Waals surface area contributed by atoms with Gasteiger partial charge in [-0.1, -0.05) is 37.3 Å². The summed E-state index contributed by atoms with van der Waals surface area (Å²) in [6.07, 6.45) is 1.93. The predicted octanol–water partition coefficient (Wildman–Crippen LogP) is 4.54. The van der Waals surface area contributed by atoms with Crippen molar-refractivity contribution in [2.45, 2.75) is 51.5 Å². The zero-order valence-electron chi connectivity index (χ0n) is 21.2. The predicted molar refractivity (Wildman–Crippen MR) is 141 cm³/mol. The number of likely N-dealkylation sites (N-methyl/N-ethyl adjacent to an activating group) is 1. The maximum atomic E-state index is 13.2. The molecule has 1 aromatic carbocycles. The summed E-state index contributed by atoms with van der Waals surface area (Å²) in [5.74, 6) is 0.595. The van der Waals surface area contributed by atoms with Crippen LogP contribution in [0.3, 0.4) is 0 Å². The van der Waals surface area contributed by atoms with Crippen molar-refractivity contribution in [3.8, 4) is 0 Å². The van der Waals surface area contributed by atoms with Crippen molar-refractivity contribution in [3.63, 3.8) is 0 Å². The SMILES string of the molecule is C[C@@H]1CCN(C(=O)OC(C)(C)C)C[C@@H]1N(C)c1nc(Cl)nc2c1ccn2S(=O)(=O)Cc1ccccc1. The van der Waals surface area contributed by atoms with E-state index in [1.807, 2.05) is 38.8 Å². The van der Waals surface area contributed by atoms with Gasteiger partial charge in [-0.2, -0.15) is 9.97 Å². The van der Waals surface area contributed by atoms with E-state index in [4.69, 9.17) is 16.3 Å². The van der Waals surface area contributed by atoms with Gasteiger partial charge in [0.15, 0.2) is 5.65 Å². The molecular formula is C25H32ClN5O4S. The Kier molecular flexibility index (Phi) is 7.21. The Labute approximate surface area is 217 Å². The van der Waals surface area contributed by atoms with E-state index in [0.29, 0.717) is 29.9 Å². The van der Waals surface area contributed by atoms with Gasteiger partial charge in [-0.25, -0.2) is 17.2 Å². The first kappa shape index (κ1) is 26.2. The highest BCUT2D eigenvalue weighted by atomic mass is 35.5. The number of ether oxygens (including phenoxy) is 1. The molecule has 1 fully saturated rings. The number of hydrogen-bond donors (Lipinski definition) is 0. The van der Waals surface area contributed by atoms with E-state index < -0.39 is 15.6 Å². The third kappa shape index (κ3) is 5.59. The second kappa shape index (κ2) is 9.89. The van der Waals surface area contributed by atoms with Crippen LogP contribution >= 0.6 is 11.6 Å². The van der Waals surface area contributed by atoms with Gasteiger partial charge >= 0.3 is 6.09 Å². The third-order valence-electron chi connectivity index (χ3n) is 6.36. The summed E-state index contributed by atoms with van der Waals surface area (Å²) < 4.78 is 33.2. The van der Waals surface area contributed by atoms with Gasteiger partial charge in [0.2, 0.25) is 15.3 Å². The molecule has 0 aliphatic carbocycles. The summed E-state index contributed by atoms with van der Waals surface area (Å²) in [6, 6.07) is 10.6. The average Bonchev–Trinajstić information content (AvgIpc) is 3.22. The lowest BCUT2D eigenvalue weighted by Crippen LogP contribution is -2.53. The number of piperidine rings is 1. The van der Waals surface area contributed by atoms with Crippen LogP contribution < -0.4 is 4.90 Å². The number of nitrogens with zero attached hydrogens (tertiary/aromatic N) is 5. The third-order valence-corrected chi connectivity index (χ3v) is 8.12. The fourth-order valence-corrected chi connectivity index (χ4v) is 6.06. The topological polar surface area (TPSA) is 97.6 Å². The standard InChI is InChI=1S/C25H32ClN5O4S/c1-17-11-13-30(24(32)35-25(2,3)4)15-20(17)29(5)21-19-12-14-31(22(19)28-23(26)27-21)36(33,34)16-18-9-7-6-8-10-18/h6-10,12,14,17,20H,11,13,15-16H2,1-5H3/t17-,20+/m1/s1. The van der Waals surface area contributed by atoms with Crippen molar-refractivity contribution in [2.75, 3.05) is 25.0 Å². The number of carbonyl (C=O) groups is 1. The normalized spacial score (nSPS) is 18.9. The molecule has 1 saturated heterocycles. The van der Waals surface area contributed by atoms with Crippen LogP contribution in [0.15, 0.2) is 42.6 Å². The van der Waals surface area contributed by atoms with Gasteiger partial charge < -0.3 is 14.5 Å². The summed E-state index contributed by atoms with van der Waals surface area (Å²) in [5, 5.41) is 0.520. The van der Waals surface area contributed by atoms with E-state index >= 15 is 0 Å². The maximum absolute atomic E-state index is 13.2.